The number of H-pyrrole nitrogens is 1. The lowest BCUT2D eigenvalue weighted by molar-refractivity contribution is -0.136. The minimum absolute atomic E-state index is 0.0741. The van der Waals surface area contributed by atoms with Crippen molar-refractivity contribution in [3.8, 4) is 0 Å². The molecule has 1 saturated heterocycles. The molecule has 4 rings (SSSR count). The SMILES string of the molecule is Cc1cc(CN2Cc3ccccc3CC2C(=O)N2CCCC2)n[nH]1. The van der Waals surface area contributed by atoms with Gasteiger partial charge in [0.2, 0.25) is 5.91 Å². The zero-order valence-electron chi connectivity index (χ0n) is 14.2. The Labute approximate surface area is 142 Å². The lowest BCUT2D eigenvalue weighted by Gasteiger charge is -2.37. The molecule has 5 nitrogen and oxygen atoms in total. The third-order valence-corrected chi connectivity index (χ3v) is 5.17. The molecule has 0 saturated carbocycles. The molecule has 1 N–H and O–H groups in total. The van der Waals surface area contributed by atoms with Crippen molar-refractivity contribution in [2.45, 2.75) is 45.3 Å². The molecule has 2 aliphatic rings. The van der Waals surface area contributed by atoms with Crippen molar-refractivity contribution >= 4 is 5.91 Å². The Kier molecular flexibility index (Phi) is 4.10. The highest BCUT2D eigenvalue weighted by Crippen LogP contribution is 2.26. The molecule has 1 atom stereocenters. The molecule has 126 valence electrons. The van der Waals surface area contributed by atoms with Gasteiger partial charge in [0.25, 0.3) is 0 Å². The van der Waals surface area contributed by atoms with Crippen LogP contribution in [-0.2, 0) is 24.3 Å². The average molecular weight is 324 g/mol. The standard InChI is InChI=1S/C19H24N4O/c1-14-10-17(21-20-14)13-23-12-16-7-3-2-6-15(16)11-18(23)19(24)22-8-4-5-9-22/h2-3,6-7,10,18H,4-5,8-9,11-13H2,1H3,(H,20,21). The molecule has 1 fully saturated rings. The van der Waals surface area contributed by atoms with Gasteiger partial charge in [0, 0.05) is 31.9 Å². The number of aryl methyl sites for hydroxylation is 1. The second-order valence-corrected chi connectivity index (χ2v) is 6.97. The lowest BCUT2D eigenvalue weighted by atomic mass is 9.93. The molecule has 2 aromatic rings. The molecule has 1 aromatic carbocycles. The van der Waals surface area contributed by atoms with Crippen molar-refractivity contribution in [1.29, 1.82) is 0 Å². The second-order valence-electron chi connectivity index (χ2n) is 6.97. The first-order valence-corrected chi connectivity index (χ1v) is 8.81. The second kappa shape index (κ2) is 6.40. The summed E-state index contributed by atoms with van der Waals surface area (Å²) in [6, 6.07) is 10.5. The number of carbonyl (C=O) groups excluding carboxylic acids is 1. The van der Waals surface area contributed by atoms with E-state index in [0.29, 0.717) is 6.54 Å². The molecule has 3 heterocycles. The molecule has 2 aliphatic heterocycles. The zero-order valence-corrected chi connectivity index (χ0v) is 14.2. The maximum atomic E-state index is 13.1. The van der Waals surface area contributed by atoms with Crippen molar-refractivity contribution in [3.05, 3.63) is 52.8 Å². The van der Waals surface area contributed by atoms with E-state index in [9.17, 15) is 4.79 Å². The van der Waals surface area contributed by atoms with Crippen LogP contribution < -0.4 is 0 Å². The van der Waals surface area contributed by atoms with Crippen LogP contribution in [0, 0.1) is 6.92 Å². The Morgan fingerprint density at radius 2 is 2.00 bits per heavy atom. The summed E-state index contributed by atoms with van der Waals surface area (Å²) in [5, 5.41) is 7.37. The minimum atomic E-state index is -0.0741. The van der Waals surface area contributed by atoms with Gasteiger partial charge in [-0.1, -0.05) is 24.3 Å². The summed E-state index contributed by atoms with van der Waals surface area (Å²) < 4.78 is 0. The Bertz CT molecular complexity index is 732. The fourth-order valence-corrected chi connectivity index (χ4v) is 3.90. The summed E-state index contributed by atoms with van der Waals surface area (Å²) in [5.41, 5.74) is 4.70. The number of aromatic amines is 1. The smallest absolute Gasteiger partial charge is 0.240 e. The van der Waals surface area contributed by atoms with Crippen LogP contribution in [0.2, 0.25) is 0 Å². The molecule has 0 bridgehead atoms. The Balaban J connectivity index is 1.60. The number of benzene rings is 1. The van der Waals surface area contributed by atoms with Crippen LogP contribution in [-0.4, -0.2) is 45.0 Å². The minimum Gasteiger partial charge on any atom is -0.341 e. The van der Waals surface area contributed by atoms with Crippen LogP contribution in [0.4, 0.5) is 0 Å². The van der Waals surface area contributed by atoms with Gasteiger partial charge in [-0.05, 0) is 43.4 Å². The average Bonchev–Trinajstić information content (AvgIpc) is 3.25. The first kappa shape index (κ1) is 15.4. The van der Waals surface area contributed by atoms with Crippen LogP contribution in [0.25, 0.3) is 0 Å². The molecule has 0 spiro atoms. The van der Waals surface area contributed by atoms with Gasteiger partial charge in [0.05, 0.1) is 11.7 Å². The molecule has 1 amide bonds. The van der Waals surface area contributed by atoms with E-state index < -0.39 is 0 Å². The van der Waals surface area contributed by atoms with E-state index in [-0.39, 0.29) is 11.9 Å². The van der Waals surface area contributed by atoms with E-state index in [0.717, 1.165) is 50.3 Å². The highest BCUT2D eigenvalue weighted by atomic mass is 16.2. The predicted molar refractivity (Wildman–Crippen MR) is 92.3 cm³/mol. The molecule has 0 radical (unpaired) electrons. The number of hydrogen-bond donors (Lipinski definition) is 1. The van der Waals surface area contributed by atoms with E-state index in [2.05, 4.69) is 45.4 Å². The summed E-state index contributed by atoms with van der Waals surface area (Å²) in [6.07, 6.45) is 3.07. The number of hydrogen-bond acceptors (Lipinski definition) is 3. The summed E-state index contributed by atoms with van der Waals surface area (Å²) in [5.74, 6) is 0.286. The first-order valence-electron chi connectivity index (χ1n) is 8.81. The van der Waals surface area contributed by atoms with Crippen molar-refractivity contribution in [3.63, 3.8) is 0 Å². The first-order chi connectivity index (χ1) is 11.7. The molecule has 5 heteroatoms. The summed E-state index contributed by atoms with van der Waals surface area (Å²) in [7, 11) is 0. The van der Waals surface area contributed by atoms with Gasteiger partial charge in [-0.15, -0.1) is 0 Å². The summed E-state index contributed by atoms with van der Waals surface area (Å²) >= 11 is 0. The quantitative estimate of drug-likeness (QED) is 0.942. The van der Waals surface area contributed by atoms with E-state index in [1.165, 1.54) is 11.1 Å². The molecular weight excluding hydrogens is 300 g/mol. The molecule has 1 unspecified atom stereocenters. The number of amides is 1. The normalized spacial score (nSPS) is 21.0. The van der Waals surface area contributed by atoms with Crippen LogP contribution >= 0.6 is 0 Å². The van der Waals surface area contributed by atoms with Crippen LogP contribution in [0.1, 0.15) is 35.4 Å². The fourth-order valence-electron chi connectivity index (χ4n) is 3.90. The van der Waals surface area contributed by atoms with Crippen molar-refractivity contribution < 1.29 is 4.79 Å². The maximum absolute atomic E-state index is 13.1. The summed E-state index contributed by atoms with van der Waals surface area (Å²) in [6.45, 7) is 5.35. The predicted octanol–water partition coefficient (Wildman–Crippen LogP) is 2.27. The van der Waals surface area contributed by atoms with Crippen molar-refractivity contribution in [1.82, 2.24) is 20.0 Å². The van der Waals surface area contributed by atoms with Crippen LogP contribution in [0.3, 0.4) is 0 Å². The van der Waals surface area contributed by atoms with Crippen molar-refractivity contribution in [2.75, 3.05) is 13.1 Å². The lowest BCUT2D eigenvalue weighted by Crippen LogP contribution is -2.50. The van der Waals surface area contributed by atoms with Gasteiger partial charge in [-0.25, -0.2) is 0 Å². The Morgan fingerprint density at radius 1 is 1.25 bits per heavy atom. The third-order valence-electron chi connectivity index (χ3n) is 5.17. The number of nitrogens with zero attached hydrogens (tertiary/aromatic N) is 3. The number of likely N-dealkylation sites (tertiary alicyclic amines) is 1. The molecule has 0 aliphatic carbocycles. The van der Waals surface area contributed by atoms with Gasteiger partial charge < -0.3 is 4.90 Å². The van der Waals surface area contributed by atoms with Gasteiger partial charge in [-0.2, -0.15) is 5.10 Å². The van der Waals surface area contributed by atoms with E-state index >= 15 is 0 Å². The highest BCUT2D eigenvalue weighted by Gasteiger charge is 2.35. The number of aromatic nitrogens is 2. The number of fused-ring (bicyclic) bond motifs is 1. The van der Waals surface area contributed by atoms with E-state index in [1.807, 2.05) is 11.8 Å². The molecule has 24 heavy (non-hydrogen) atoms. The fraction of sp³-hybridized carbons (Fsp3) is 0.474. The van der Waals surface area contributed by atoms with Gasteiger partial charge in [0.1, 0.15) is 0 Å². The highest BCUT2D eigenvalue weighted by molar-refractivity contribution is 5.82. The summed E-state index contributed by atoms with van der Waals surface area (Å²) in [4.78, 5) is 17.4. The third kappa shape index (κ3) is 2.96. The Hall–Kier alpha value is -2.14. The number of carbonyl (C=O) groups is 1. The number of nitrogens with one attached hydrogen (secondary N) is 1. The van der Waals surface area contributed by atoms with E-state index in [4.69, 9.17) is 0 Å². The molecule has 1 aromatic heterocycles. The van der Waals surface area contributed by atoms with Crippen LogP contribution in [0.15, 0.2) is 30.3 Å². The largest absolute Gasteiger partial charge is 0.341 e. The monoisotopic (exact) mass is 324 g/mol. The Morgan fingerprint density at radius 3 is 2.71 bits per heavy atom. The zero-order chi connectivity index (χ0) is 16.5. The van der Waals surface area contributed by atoms with Gasteiger partial charge in [0.15, 0.2) is 0 Å². The molecular formula is C19H24N4O. The van der Waals surface area contributed by atoms with Gasteiger partial charge in [-0.3, -0.25) is 14.8 Å². The number of rotatable bonds is 3. The van der Waals surface area contributed by atoms with Crippen LogP contribution in [0.5, 0.6) is 0 Å². The topological polar surface area (TPSA) is 52.2 Å². The van der Waals surface area contributed by atoms with E-state index in [1.54, 1.807) is 0 Å². The maximum Gasteiger partial charge on any atom is 0.240 e. The van der Waals surface area contributed by atoms with Crippen molar-refractivity contribution in [2.24, 2.45) is 0 Å². The van der Waals surface area contributed by atoms with Gasteiger partial charge >= 0.3 is 0 Å².